The van der Waals surface area contributed by atoms with Crippen LogP contribution in [0.15, 0.2) is 29.0 Å². The molecule has 0 saturated carbocycles. The molecule has 2 heterocycles. The number of ether oxygens (including phenoxy) is 1. The molecular weight excluding hydrogens is 315 g/mol. The zero-order valence-corrected chi connectivity index (χ0v) is 12.4. The van der Waals surface area contributed by atoms with Gasteiger partial charge >= 0.3 is 6.18 Å². The topological polar surface area (TPSA) is 69.3 Å². The molecule has 0 bridgehead atoms. The quantitative estimate of drug-likeness (QED) is 0.791. The highest BCUT2D eigenvalue weighted by atomic mass is 19.4. The molecule has 0 unspecified atom stereocenters. The van der Waals surface area contributed by atoms with Gasteiger partial charge in [-0.1, -0.05) is 0 Å². The van der Waals surface area contributed by atoms with Crippen LogP contribution in [0.4, 0.5) is 13.2 Å². The Morgan fingerprint density at radius 3 is 2.91 bits per heavy atom. The predicted molar refractivity (Wildman–Crippen MR) is 73.5 cm³/mol. The van der Waals surface area contributed by atoms with Crippen LogP contribution in [0.3, 0.4) is 0 Å². The summed E-state index contributed by atoms with van der Waals surface area (Å²) in [6.45, 7) is 0.852. The van der Waals surface area contributed by atoms with Gasteiger partial charge in [0, 0.05) is 26.4 Å². The van der Waals surface area contributed by atoms with Gasteiger partial charge in [-0.25, -0.2) is 0 Å². The van der Waals surface area contributed by atoms with Gasteiger partial charge in [0.25, 0.3) is 5.91 Å². The van der Waals surface area contributed by atoms with E-state index in [1.165, 1.54) is 13.3 Å². The molecule has 0 saturated heterocycles. The second-order valence-corrected chi connectivity index (χ2v) is 4.80. The molecule has 0 radical (unpaired) electrons. The van der Waals surface area contributed by atoms with Gasteiger partial charge in [-0.3, -0.25) is 9.48 Å². The normalized spacial score (nSPS) is 11.7. The van der Waals surface area contributed by atoms with Crippen molar-refractivity contribution < 1.29 is 27.1 Å². The van der Waals surface area contributed by atoms with E-state index in [1.54, 1.807) is 12.1 Å². The first kappa shape index (κ1) is 17.1. The Labute approximate surface area is 130 Å². The number of carbonyl (C=O) groups is 1. The molecule has 1 amide bonds. The molecule has 0 fully saturated rings. The van der Waals surface area contributed by atoms with Crippen LogP contribution in [0.5, 0.6) is 0 Å². The molecule has 0 aromatic carbocycles. The van der Waals surface area contributed by atoms with Crippen LogP contribution >= 0.6 is 0 Å². The number of halogens is 3. The monoisotopic (exact) mass is 331 g/mol. The molecule has 0 aliphatic rings. The molecular formula is C14H16F3N3O3. The van der Waals surface area contributed by atoms with Crippen LogP contribution in [0, 0.1) is 0 Å². The fraction of sp³-hybridized carbons (Fsp3) is 0.429. The van der Waals surface area contributed by atoms with Gasteiger partial charge in [-0.2, -0.15) is 18.3 Å². The van der Waals surface area contributed by atoms with Gasteiger partial charge in [0.2, 0.25) is 0 Å². The van der Waals surface area contributed by atoms with E-state index in [0.717, 1.165) is 10.9 Å². The number of hydrogen-bond donors (Lipinski definition) is 1. The Bertz CT molecular complexity index is 635. The highest BCUT2D eigenvalue weighted by Gasteiger charge is 2.38. The van der Waals surface area contributed by atoms with E-state index in [1.807, 2.05) is 0 Å². The lowest BCUT2D eigenvalue weighted by Gasteiger charge is -2.07. The molecule has 126 valence electrons. The van der Waals surface area contributed by atoms with E-state index in [4.69, 9.17) is 9.15 Å². The lowest BCUT2D eigenvalue weighted by atomic mass is 10.2. The van der Waals surface area contributed by atoms with E-state index in [9.17, 15) is 18.0 Å². The number of aromatic nitrogens is 2. The van der Waals surface area contributed by atoms with Crippen molar-refractivity contribution in [3.8, 4) is 0 Å². The number of alkyl halides is 3. The molecule has 2 aromatic heterocycles. The van der Waals surface area contributed by atoms with E-state index in [0.29, 0.717) is 25.4 Å². The van der Waals surface area contributed by atoms with E-state index in [2.05, 4.69) is 10.4 Å². The minimum absolute atomic E-state index is 0.198. The van der Waals surface area contributed by atoms with Crippen molar-refractivity contribution in [2.75, 3.05) is 13.2 Å². The van der Waals surface area contributed by atoms with Gasteiger partial charge in [0.05, 0.1) is 11.8 Å². The molecule has 0 aliphatic heterocycles. The summed E-state index contributed by atoms with van der Waals surface area (Å²) in [4.78, 5) is 11.8. The highest BCUT2D eigenvalue weighted by molar-refractivity contribution is 5.95. The zero-order valence-electron chi connectivity index (χ0n) is 12.4. The standard InChI is InChI=1S/C14H16F3N3O3/c1-20-8-11(12(19-20)14(15,16)17)13(21)18-5-3-6-22-9-10-4-2-7-23-10/h2,4,7-8H,3,5-6,9H2,1H3,(H,18,21). The summed E-state index contributed by atoms with van der Waals surface area (Å²) in [5.74, 6) is -0.129. The van der Waals surface area contributed by atoms with Crippen molar-refractivity contribution in [2.24, 2.45) is 7.05 Å². The van der Waals surface area contributed by atoms with Gasteiger partial charge in [-0.05, 0) is 18.6 Å². The number of carbonyl (C=O) groups excluding carboxylic acids is 1. The van der Waals surface area contributed by atoms with Crippen LogP contribution in [0.2, 0.25) is 0 Å². The summed E-state index contributed by atoms with van der Waals surface area (Å²) < 4.78 is 49.6. The second-order valence-electron chi connectivity index (χ2n) is 4.80. The van der Waals surface area contributed by atoms with Crippen molar-refractivity contribution in [2.45, 2.75) is 19.2 Å². The molecule has 2 rings (SSSR count). The minimum atomic E-state index is -4.67. The SMILES string of the molecule is Cn1cc(C(=O)NCCCOCc2ccco2)c(C(F)(F)F)n1. The first-order valence-electron chi connectivity index (χ1n) is 6.87. The molecule has 2 aromatic rings. The van der Waals surface area contributed by atoms with Gasteiger partial charge < -0.3 is 14.5 Å². The lowest BCUT2D eigenvalue weighted by Crippen LogP contribution is -2.27. The maximum Gasteiger partial charge on any atom is 0.435 e. The van der Waals surface area contributed by atoms with Crippen molar-refractivity contribution in [1.82, 2.24) is 15.1 Å². The van der Waals surface area contributed by atoms with Crippen molar-refractivity contribution in [1.29, 1.82) is 0 Å². The summed E-state index contributed by atoms with van der Waals surface area (Å²) in [5.41, 5.74) is -1.68. The number of nitrogens with one attached hydrogen (secondary N) is 1. The predicted octanol–water partition coefficient (Wildman–Crippen LogP) is 2.37. The number of aryl methyl sites for hydroxylation is 1. The maximum atomic E-state index is 12.8. The summed E-state index contributed by atoms with van der Waals surface area (Å²) >= 11 is 0. The average molecular weight is 331 g/mol. The first-order chi connectivity index (χ1) is 10.9. The van der Waals surface area contributed by atoms with Gasteiger partial charge in [0.1, 0.15) is 12.4 Å². The van der Waals surface area contributed by atoms with E-state index in [-0.39, 0.29) is 6.54 Å². The van der Waals surface area contributed by atoms with Gasteiger partial charge in [-0.15, -0.1) is 0 Å². The number of rotatable bonds is 7. The van der Waals surface area contributed by atoms with Crippen LogP contribution in [-0.4, -0.2) is 28.8 Å². The fourth-order valence-electron chi connectivity index (χ4n) is 1.90. The third-order valence-electron chi connectivity index (χ3n) is 2.92. The minimum Gasteiger partial charge on any atom is -0.467 e. The molecule has 6 nitrogen and oxygen atoms in total. The lowest BCUT2D eigenvalue weighted by molar-refractivity contribution is -0.141. The Balaban J connectivity index is 1.75. The Morgan fingerprint density at radius 1 is 1.48 bits per heavy atom. The number of nitrogens with zero attached hydrogens (tertiary/aromatic N) is 2. The Hall–Kier alpha value is -2.29. The second kappa shape index (κ2) is 7.32. The summed E-state index contributed by atoms with van der Waals surface area (Å²) in [5, 5.41) is 5.71. The highest BCUT2D eigenvalue weighted by Crippen LogP contribution is 2.30. The number of amides is 1. The third-order valence-corrected chi connectivity index (χ3v) is 2.92. The molecule has 0 spiro atoms. The fourth-order valence-corrected chi connectivity index (χ4v) is 1.90. The Morgan fingerprint density at radius 2 is 2.26 bits per heavy atom. The van der Waals surface area contributed by atoms with Crippen LogP contribution < -0.4 is 5.32 Å². The average Bonchev–Trinajstić information content (AvgIpc) is 3.11. The zero-order chi connectivity index (χ0) is 16.9. The number of furan rings is 1. The summed E-state index contributed by atoms with van der Waals surface area (Å²) in [7, 11) is 1.33. The van der Waals surface area contributed by atoms with Crippen LogP contribution in [0.1, 0.15) is 28.2 Å². The maximum absolute atomic E-state index is 12.8. The first-order valence-corrected chi connectivity index (χ1v) is 6.87. The molecule has 0 atom stereocenters. The molecule has 0 aliphatic carbocycles. The van der Waals surface area contributed by atoms with E-state index >= 15 is 0 Å². The Kier molecular flexibility index (Phi) is 5.43. The van der Waals surface area contributed by atoms with Crippen molar-refractivity contribution >= 4 is 5.91 Å². The van der Waals surface area contributed by atoms with Crippen molar-refractivity contribution in [3.05, 3.63) is 41.6 Å². The molecule has 23 heavy (non-hydrogen) atoms. The van der Waals surface area contributed by atoms with Crippen LogP contribution in [0.25, 0.3) is 0 Å². The van der Waals surface area contributed by atoms with Gasteiger partial charge in [0.15, 0.2) is 5.69 Å². The number of hydrogen-bond acceptors (Lipinski definition) is 4. The summed E-state index contributed by atoms with van der Waals surface area (Å²) in [6.07, 6.45) is -1.62. The van der Waals surface area contributed by atoms with Crippen molar-refractivity contribution in [3.63, 3.8) is 0 Å². The molecule has 9 heteroatoms. The smallest absolute Gasteiger partial charge is 0.435 e. The van der Waals surface area contributed by atoms with E-state index < -0.39 is 23.3 Å². The third kappa shape index (κ3) is 4.85. The van der Waals surface area contributed by atoms with Crippen LogP contribution in [-0.2, 0) is 24.6 Å². The summed E-state index contributed by atoms with van der Waals surface area (Å²) in [6, 6.07) is 3.51. The largest absolute Gasteiger partial charge is 0.467 e. The molecule has 1 N–H and O–H groups in total.